The van der Waals surface area contributed by atoms with E-state index < -0.39 is 5.54 Å². The van der Waals surface area contributed by atoms with Crippen LogP contribution in [0.3, 0.4) is 0 Å². The van der Waals surface area contributed by atoms with Crippen molar-refractivity contribution in [2.45, 2.75) is 25.3 Å². The van der Waals surface area contributed by atoms with E-state index >= 15 is 0 Å². The van der Waals surface area contributed by atoms with E-state index in [1.54, 1.807) is 30.8 Å². The molecule has 0 aromatic carbocycles. The van der Waals surface area contributed by atoms with Gasteiger partial charge in [-0.05, 0) is 12.8 Å². The Morgan fingerprint density at radius 2 is 2.06 bits per heavy atom. The molecule has 1 fully saturated rings. The number of hydrogen-bond donors (Lipinski definition) is 1. The lowest BCUT2D eigenvalue weighted by Gasteiger charge is -2.38. The number of aryl methyl sites for hydroxylation is 1. The zero-order valence-corrected chi connectivity index (χ0v) is 11.0. The molecule has 0 aliphatic carbocycles. The van der Waals surface area contributed by atoms with Gasteiger partial charge in [0.25, 0.3) is 0 Å². The zero-order chi connectivity index (χ0) is 13.3. The Kier molecular flexibility index (Phi) is 3.25. The monoisotopic (exact) mass is 253 g/mol. The summed E-state index contributed by atoms with van der Waals surface area (Å²) in [5.41, 5.74) is 5.71. The van der Waals surface area contributed by atoms with Crippen molar-refractivity contribution in [3.8, 4) is 0 Å². The molecule has 1 saturated heterocycles. The van der Waals surface area contributed by atoms with E-state index in [0.717, 1.165) is 0 Å². The molecule has 2 N–H and O–H groups in total. The molecule has 0 radical (unpaired) electrons. The summed E-state index contributed by atoms with van der Waals surface area (Å²) in [6.45, 7) is 2.97. The van der Waals surface area contributed by atoms with Crippen LogP contribution in [0.25, 0.3) is 0 Å². The van der Waals surface area contributed by atoms with Gasteiger partial charge in [-0.15, -0.1) is 0 Å². The number of carbonyl (C=O) groups excluding carboxylic acids is 1. The predicted octanol–water partition coefficient (Wildman–Crippen LogP) is 0.309. The number of nitrogens with two attached hydrogens (primary N) is 1. The van der Waals surface area contributed by atoms with Crippen LogP contribution in [-0.2, 0) is 5.54 Å². The molecule has 0 bridgehead atoms. The number of piperidine rings is 1. The minimum Gasteiger partial charge on any atom is -0.340 e. The summed E-state index contributed by atoms with van der Waals surface area (Å²) in [5.74, 6) is 1.05. The van der Waals surface area contributed by atoms with Crippen molar-refractivity contribution in [2.24, 2.45) is 5.73 Å². The number of aromatic nitrogens is 2. The van der Waals surface area contributed by atoms with E-state index in [1.807, 2.05) is 0 Å². The third-order valence-corrected chi connectivity index (χ3v) is 3.28. The molecule has 7 heteroatoms. The van der Waals surface area contributed by atoms with Crippen LogP contribution < -0.4 is 5.73 Å². The number of nitrogens with zero attached hydrogens (tertiary/aromatic N) is 4. The highest BCUT2D eigenvalue weighted by atomic mass is 16.5. The molecule has 0 unspecified atom stereocenters. The smallest absolute Gasteiger partial charge is 0.319 e. The molecular weight excluding hydrogens is 234 g/mol. The summed E-state index contributed by atoms with van der Waals surface area (Å²) in [7, 11) is 3.49. The van der Waals surface area contributed by atoms with Gasteiger partial charge in [0.2, 0.25) is 5.89 Å². The summed E-state index contributed by atoms with van der Waals surface area (Å²) in [6.07, 6.45) is 1.29. The topological polar surface area (TPSA) is 88.5 Å². The van der Waals surface area contributed by atoms with Gasteiger partial charge >= 0.3 is 6.03 Å². The first-order valence-electron chi connectivity index (χ1n) is 5.98. The average molecular weight is 253 g/mol. The van der Waals surface area contributed by atoms with E-state index in [2.05, 4.69) is 10.1 Å². The van der Waals surface area contributed by atoms with Gasteiger partial charge in [-0.1, -0.05) is 5.16 Å². The molecule has 7 nitrogen and oxygen atoms in total. The summed E-state index contributed by atoms with van der Waals surface area (Å²) in [5, 5.41) is 3.89. The molecule has 0 atom stereocenters. The van der Waals surface area contributed by atoms with E-state index in [4.69, 9.17) is 10.3 Å². The molecule has 100 valence electrons. The van der Waals surface area contributed by atoms with Crippen LogP contribution >= 0.6 is 0 Å². The fourth-order valence-electron chi connectivity index (χ4n) is 2.10. The Morgan fingerprint density at radius 1 is 1.44 bits per heavy atom. The third-order valence-electron chi connectivity index (χ3n) is 3.28. The zero-order valence-electron chi connectivity index (χ0n) is 11.0. The van der Waals surface area contributed by atoms with E-state index in [1.165, 1.54) is 0 Å². The first kappa shape index (κ1) is 12.8. The van der Waals surface area contributed by atoms with Crippen molar-refractivity contribution in [2.75, 3.05) is 27.2 Å². The van der Waals surface area contributed by atoms with Gasteiger partial charge in [0, 0.05) is 34.1 Å². The first-order valence-corrected chi connectivity index (χ1v) is 5.98. The molecule has 0 saturated carbocycles. The van der Waals surface area contributed by atoms with Crippen molar-refractivity contribution in [3.05, 3.63) is 11.7 Å². The second-order valence-electron chi connectivity index (χ2n) is 4.96. The number of amides is 2. The fraction of sp³-hybridized carbons (Fsp3) is 0.727. The van der Waals surface area contributed by atoms with Crippen molar-refractivity contribution in [1.29, 1.82) is 0 Å². The minimum atomic E-state index is -0.582. The second-order valence-corrected chi connectivity index (χ2v) is 4.96. The standard InChI is InChI=1S/C11H19N5O2/c1-8-13-9(14-18-8)11(12)4-6-16(7-5-11)10(17)15(2)3/h4-7,12H2,1-3H3. The first-order chi connectivity index (χ1) is 8.42. The van der Waals surface area contributed by atoms with Crippen molar-refractivity contribution in [3.63, 3.8) is 0 Å². The number of carbonyl (C=O) groups is 1. The molecule has 2 amide bonds. The lowest BCUT2D eigenvalue weighted by molar-refractivity contribution is 0.135. The maximum atomic E-state index is 11.8. The van der Waals surface area contributed by atoms with Crippen LogP contribution in [0.2, 0.25) is 0 Å². The van der Waals surface area contributed by atoms with Crippen LogP contribution in [0.5, 0.6) is 0 Å². The Morgan fingerprint density at radius 3 is 2.50 bits per heavy atom. The van der Waals surface area contributed by atoms with Crippen molar-refractivity contribution < 1.29 is 9.32 Å². The van der Waals surface area contributed by atoms with Crippen LogP contribution in [-0.4, -0.2) is 53.2 Å². The highest BCUT2D eigenvalue weighted by molar-refractivity contribution is 5.73. The normalized spacial score (nSPS) is 18.8. The number of likely N-dealkylation sites (tertiary alicyclic amines) is 1. The lowest BCUT2D eigenvalue weighted by Crippen LogP contribution is -2.52. The van der Waals surface area contributed by atoms with Crippen LogP contribution in [0.15, 0.2) is 4.52 Å². The Balaban J connectivity index is 2.03. The van der Waals surface area contributed by atoms with E-state index in [-0.39, 0.29) is 6.03 Å². The van der Waals surface area contributed by atoms with Crippen LogP contribution in [0.1, 0.15) is 24.6 Å². The quantitative estimate of drug-likeness (QED) is 0.778. The molecule has 18 heavy (non-hydrogen) atoms. The highest BCUT2D eigenvalue weighted by Gasteiger charge is 2.37. The molecule has 1 aromatic rings. The third kappa shape index (κ3) is 2.31. The predicted molar refractivity (Wildman–Crippen MR) is 64.8 cm³/mol. The lowest BCUT2D eigenvalue weighted by atomic mass is 9.88. The second kappa shape index (κ2) is 4.56. The molecular formula is C11H19N5O2. The van der Waals surface area contributed by atoms with Gasteiger partial charge in [-0.2, -0.15) is 4.98 Å². The van der Waals surface area contributed by atoms with Crippen molar-refractivity contribution >= 4 is 6.03 Å². The summed E-state index contributed by atoms with van der Waals surface area (Å²) in [6, 6.07) is 0.0151. The van der Waals surface area contributed by atoms with Gasteiger partial charge in [-0.25, -0.2) is 4.79 Å². The Bertz CT molecular complexity index is 434. The van der Waals surface area contributed by atoms with Gasteiger partial charge in [0.1, 0.15) is 0 Å². The SMILES string of the molecule is Cc1nc(C2(N)CCN(C(=O)N(C)C)CC2)no1. The van der Waals surface area contributed by atoms with Gasteiger partial charge in [-0.3, -0.25) is 0 Å². The van der Waals surface area contributed by atoms with Crippen LogP contribution in [0.4, 0.5) is 4.79 Å². The van der Waals surface area contributed by atoms with Crippen molar-refractivity contribution in [1.82, 2.24) is 19.9 Å². The molecule has 1 aromatic heterocycles. The Hall–Kier alpha value is -1.63. The number of hydrogen-bond acceptors (Lipinski definition) is 5. The minimum absolute atomic E-state index is 0.0151. The van der Waals surface area contributed by atoms with Gasteiger partial charge in [0.15, 0.2) is 5.82 Å². The highest BCUT2D eigenvalue weighted by Crippen LogP contribution is 2.28. The molecule has 2 rings (SSSR count). The maximum Gasteiger partial charge on any atom is 0.319 e. The fourth-order valence-corrected chi connectivity index (χ4v) is 2.10. The van der Waals surface area contributed by atoms with E-state index in [0.29, 0.717) is 37.6 Å². The van der Waals surface area contributed by atoms with Gasteiger partial charge < -0.3 is 20.1 Å². The molecule has 1 aliphatic heterocycles. The molecule has 0 spiro atoms. The largest absolute Gasteiger partial charge is 0.340 e. The summed E-state index contributed by atoms with van der Waals surface area (Å²) < 4.78 is 4.97. The van der Waals surface area contributed by atoms with E-state index in [9.17, 15) is 4.79 Å². The maximum absolute atomic E-state index is 11.8. The number of rotatable bonds is 1. The average Bonchev–Trinajstić information content (AvgIpc) is 2.76. The van der Waals surface area contributed by atoms with Gasteiger partial charge in [0.05, 0.1) is 5.54 Å². The number of urea groups is 1. The Labute approximate surface area is 106 Å². The summed E-state index contributed by atoms with van der Waals surface area (Å²) >= 11 is 0. The molecule has 1 aliphatic rings. The summed E-state index contributed by atoms with van der Waals surface area (Å²) in [4.78, 5) is 19.4. The van der Waals surface area contributed by atoms with Crippen LogP contribution in [0, 0.1) is 6.92 Å². The molecule has 2 heterocycles.